The number of nitrogens with zero attached hydrogens (tertiary/aromatic N) is 1. The minimum atomic E-state index is 0.138. The van der Waals surface area contributed by atoms with Crippen molar-refractivity contribution in [2.45, 2.75) is 32.6 Å². The highest BCUT2D eigenvalue weighted by atomic mass is 79.9. The van der Waals surface area contributed by atoms with Crippen LogP contribution in [0.15, 0.2) is 34.9 Å². The van der Waals surface area contributed by atoms with E-state index in [9.17, 15) is 4.79 Å². The van der Waals surface area contributed by atoms with E-state index in [0.717, 1.165) is 52.7 Å². The first-order valence-corrected chi connectivity index (χ1v) is 8.28. The lowest BCUT2D eigenvalue weighted by Crippen LogP contribution is -2.26. The Hall–Kier alpha value is -1.42. The van der Waals surface area contributed by atoms with Gasteiger partial charge in [-0.25, -0.2) is 0 Å². The number of benzene rings is 1. The van der Waals surface area contributed by atoms with Gasteiger partial charge in [0.25, 0.3) is 0 Å². The van der Waals surface area contributed by atoms with Crippen molar-refractivity contribution in [2.24, 2.45) is 11.8 Å². The van der Waals surface area contributed by atoms with Crippen LogP contribution in [0.5, 0.6) is 0 Å². The zero-order valence-corrected chi connectivity index (χ0v) is 13.7. The van der Waals surface area contributed by atoms with Gasteiger partial charge in [0.1, 0.15) is 0 Å². The van der Waals surface area contributed by atoms with Gasteiger partial charge in [0.15, 0.2) is 0 Å². The lowest BCUT2D eigenvalue weighted by Gasteiger charge is -2.25. The Labute approximate surface area is 133 Å². The summed E-state index contributed by atoms with van der Waals surface area (Å²) in [6, 6.07) is 7.90. The Balaban J connectivity index is 1.80. The largest absolute Gasteiger partial charge is 0.324 e. The van der Waals surface area contributed by atoms with E-state index in [1.807, 2.05) is 24.3 Å². The summed E-state index contributed by atoms with van der Waals surface area (Å²) in [5.41, 5.74) is 1.65. The fourth-order valence-corrected chi connectivity index (χ4v) is 3.34. The SMILES string of the molecule is CC1CCC(C(=O)Nc2cccc3cc(Br)cnc23)CC1. The minimum Gasteiger partial charge on any atom is -0.324 e. The zero-order valence-electron chi connectivity index (χ0n) is 12.1. The quantitative estimate of drug-likeness (QED) is 0.851. The zero-order chi connectivity index (χ0) is 14.8. The summed E-state index contributed by atoms with van der Waals surface area (Å²) in [5.74, 6) is 1.04. The standard InChI is InChI=1S/C17H19BrN2O/c1-11-5-7-12(8-6-11)17(21)20-15-4-2-3-13-9-14(18)10-19-16(13)15/h2-4,9-12H,5-8H2,1H3,(H,20,21). The highest BCUT2D eigenvalue weighted by Crippen LogP contribution is 2.30. The van der Waals surface area contributed by atoms with E-state index in [4.69, 9.17) is 0 Å². The van der Waals surface area contributed by atoms with Crippen molar-refractivity contribution in [3.8, 4) is 0 Å². The number of nitrogens with one attached hydrogen (secondary N) is 1. The molecule has 110 valence electrons. The number of para-hydroxylation sites is 1. The molecule has 4 heteroatoms. The highest BCUT2D eigenvalue weighted by Gasteiger charge is 2.24. The van der Waals surface area contributed by atoms with Crippen LogP contribution < -0.4 is 5.32 Å². The number of carbonyl (C=O) groups excluding carboxylic acids is 1. The molecular weight excluding hydrogens is 328 g/mol. The molecule has 0 spiro atoms. The third-order valence-corrected chi connectivity index (χ3v) is 4.76. The molecule has 21 heavy (non-hydrogen) atoms. The fraction of sp³-hybridized carbons (Fsp3) is 0.412. The number of carbonyl (C=O) groups is 1. The van der Waals surface area contributed by atoms with Gasteiger partial charge in [-0.15, -0.1) is 0 Å². The first-order chi connectivity index (χ1) is 10.1. The smallest absolute Gasteiger partial charge is 0.227 e. The summed E-state index contributed by atoms with van der Waals surface area (Å²) < 4.78 is 0.944. The van der Waals surface area contributed by atoms with E-state index in [2.05, 4.69) is 33.2 Å². The summed E-state index contributed by atoms with van der Waals surface area (Å²) in [6.45, 7) is 2.26. The van der Waals surface area contributed by atoms with Crippen LogP contribution >= 0.6 is 15.9 Å². The average molecular weight is 347 g/mol. The summed E-state index contributed by atoms with van der Waals surface area (Å²) in [5, 5.41) is 4.10. The summed E-state index contributed by atoms with van der Waals surface area (Å²) in [4.78, 5) is 16.9. The number of anilines is 1. The molecule has 1 fully saturated rings. The second-order valence-electron chi connectivity index (χ2n) is 5.98. The van der Waals surface area contributed by atoms with Crippen molar-refractivity contribution in [3.05, 3.63) is 34.9 Å². The van der Waals surface area contributed by atoms with E-state index < -0.39 is 0 Å². The van der Waals surface area contributed by atoms with Crippen molar-refractivity contribution in [3.63, 3.8) is 0 Å². The van der Waals surface area contributed by atoms with E-state index >= 15 is 0 Å². The Morgan fingerprint density at radius 3 is 2.81 bits per heavy atom. The van der Waals surface area contributed by atoms with Gasteiger partial charge >= 0.3 is 0 Å². The van der Waals surface area contributed by atoms with Crippen LogP contribution in [0.1, 0.15) is 32.6 Å². The normalized spacial score (nSPS) is 22.2. The van der Waals surface area contributed by atoms with Crippen molar-refractivity contribution in [1.29, 1.82) is 0 Å². The molecule has 1 saturated carbocycles. The van der Waals surface area contributed by atoms with Gasteiger partial charge in [0.2, 0.25) is 5.91 Å². The first kappa shape index (κ1) is 14.5. The van der Waals surface area contributed by atoms with Crippen LogP contribution in [0.2, 0.25) is 0 Å². The molecule has 1 heterocycles. The topological polar surface area (TPSA) is 42.0 Å². The molecule has 3 nitrogen and oxygen atoms in total. The summed E-state index contributed by atoms with van der Waals surface area (Å²) in [7, 11) is 0. The van der Waals surface area contributed by atoms with E-state index in [-0.39, 0.29) is 11.8 Å². The van der Waals surface area contributed by atoms with Crippen LogP contribution in [0.3, 0.4) is 0 Å². The summed E-state index contributed by atoms with van der Waals surface area (Å²) in [6.07, 6.45) is 6.06. The lowest BCUT2D eigenvalue weighted by atomic mass is 9.82. The molecule has 1 aliphatic rings. The number of rotatable bonds is 2. The van der Waals surface area contributed by atoms with Gasteiger partial charge < -0.3 is 5.32 Å². The maximum absolute atomic E-state index is 12.4. The van der Waals surface area contributed by atoms with E-state index in [1.165, 1.54) is 0 Å². The molecule has 0 unspecified atom stereocenters. The van der Waals surface area contributed by atoms with Crippen LogP contribution in [0, 0.1) is 11.8 Å². The molecule has 0 bridgehead atoms. The molecule has 0 atom stereocenters. The molecular formula is C17H19BrN2O. The highest BCUT2D eigenvalue weighted by molar-refractivity contribution is 9.10. The molecule has 1 aromatic heterocycles. The Bertz CT molecular complexity index is 663. The molecule has 0 saturated heterocycles. The predicted octanol–water partition coefficient (Wildman–Crippen LogP) is 4.76. The monoisotopic (exact) mass is 346 g/mol. The van der Waals surface area contributed by atoms with E-state index in [1.54, 1.807) is 6.20 Å². The maximum atomic E-state index is 12.4. The average Bonchev–Trinajstić information content (AvgIpc) is 2.47. The number of aromatic nitrogens is 1. The van der Waals surface area contributed by atoms with Crippen molar-refractivity contribution >= 4 is 38.4 Å². The second-order valence-corrected chi connectivity index (χ2v) is 6.89. The maximum Gasteiger partial charge on any atom is 0.227 e. The van der Waals surface area contributed by atoms with Gasteiger partial charge in [0, 0.05) is 22.0 Å². The van der Waals surface area contributed by atoms with Gasteiger partial charge in [-0.2, -0.15) is 0 Å². The van der Waals surface area contributed by atoms with Crippen molar-refractivity contribution in [1.82, 2.24) is 4.98 Å². The number of halogens is 1. The molecule has 1 aliphatic carbocycles. The van der Waals surface area contributed by atoms with Crippen LogP contribution in [-0.4, -0.2) is 10.9 Å². The predicted molar refractivity (Wildman–Crippen MR) is 89.2 cm³/mol. The van der Waals surface area contributed by atoms with Gasteiger partial charge in [-0.05, 0) is 59.7 Å². The third-order valence-electron chi connectivity index (χ3n) is 4.32. The molecule has 1 amide bonds. The van der Waals surface area contributed by atoms with Gasteiger partial charge in [0.05, 0.1) is 11.2 Å². The Morgan fingerprint density at radius 1 is 1.29 bits per heavy atom. The van der Waals surface area contributed by atoms with Crippen molar-refractivity contribution < 1.29 is 4.79 Å². The molecule has 1 aromatic carbocycles. The van der Waals surface area contributed by atoms with Gasteiger partial charge in [-0.3, -0.25) is 9.78 Å². The molecule has 0 radical (unpaired) electrons. The van der Waals surface area contributed by atoms with Gasteiger partial charge in [-0.1, -0.05) is 19.1 Å². The molecule has 3 rings (SSSR count). The Morgan fingerprint density at radius 2 is 2.05 bits per heavy atom. The minimum absolute atomic E-state index is 0.138. The third kappa shape index (κ3) is 3.26. The molecule has 2 aromatic rings. The molecule has 1 N–H and O–H groups in total. The number of hydrogen-bond donors (Lipinski definition) is 1. The molecule has 0 aliphatic heterocycles. The first-order valence-electron chi connectivity index (χ1n) is 7.48. The number of hydrogen-bond acceptors (Lipinski definition) is 2. The van der Waals surface area contributed by atoms with Crippen molar-refractivity contribution in [2.75, 3.05) is 5.32 Å². The Kier molecular flexibility index (Phi) is 4.24. The second kappa shape index (κ2) is 6.14. The number of fused-ring (bicyclic) bond motifs is 1. The number of pyridine rings is 1. The van der Waals surface area contributed by atoms with Crippen LogP contribution in [0.4, 0.5) is 5.69 Å². The lowest BCUT2D eigenvalue weighted by molar-refractivity contribution is -0.121. The number of amides is 1. The van der Waals surface area contributed by atoms with E-state index in [0.29, 0.717) is 0 Å². The summed E-state index contributed by atoms with van der Waals surface area (Å²) >= 11 is 3.43. The fourth-order valence-electron chi connectivity index (χ4n) is 2.99. The van der Waals surface area contributed by atoms with Crippen LogP contribution in [-0.2, 0) is 4.79 Å². The van der Waals surface area contributed by atoms with Crippen LogP contribution in [0.25, 0.3) is 10.9 Å².